The molecule has 236 valence electrons. The van der Waals surface area contributed by atoms with Gasteiger partial charge in [-0.15, -0.1) is 0 Å². The average Bonchev–Trinajstić information content (AvgIpc) is 2.96. The average molecular weight is 647 g/mol. The summed E-state index contributed by atoms with van der Waals surface area (Å²) >= 11 is 6.15. The van der Waals surface area contributed by atoms with Crippen molar-refractivity contribution in [3.8, 4) is 11.1 Å². The van der Waals surface area contributed by atoms with Gasteiger partial charge in [-0.25, -0.2) is 0 Å². The summed E-state index contributed by atoms with van der Waals surface area (Å²) in [6, 6.07) is 26.7. The van der Waals surface area contributed by atoms with E-state index in [1.807, 2.05) is 56.3 Å². The van der Waals surface area contributed by atoms with Crippen LogP contribution >= 0.6 is 11.6 Å². The summed E-state index contributed by atoms with van der Waals surface area (Å²) < 4.78 is 30.8. The molecule has 4 aromatic rings. The van der Waals surface area contributed by atoms with Gasteiger partial charge in [0.05, 0.1) is 11.7 Å². The van der Waals surface area contributed by atoms with Gasteiger partial charge in [-0.05, 0) is 101 Å². The van der Waals surface area contributed by atoms with E-state index in [-0.39, 0.29) is 17.9 Å². The van der Waals surface area contributed by atoms with E-state index in [4.69, 9.17) is 16.2 Å². The van der Waals surface area contributed by atoms with Gasteiger partial charge in [0.2, 0.25) is 5.91 Å². The van der Waals surface area contributed by atoms with E-state index in [2.05, 4.69) is 49.6 Å². The standard InChI is InChI=1S/C36H39ClN2O5S/c1-23-21-30(37)15-16-31(23)28-12-17-33(24(2)20-28)39-35(41)32(26-10-13-29(14-11-26)36(3,4)5)22-25-6-8-27(9-7-25)34(40)38-18-19-45(42,43)44/h6-17,20-21,32H,18-19,22H2,1-5H3,(H,38,40)(H,39,41)(H,42,43,44). The molecule has 0 aliphatic carbocycles. The fourth-order valence-corrected chi connectivity index (χ4v) is 5.73. The van der Waals surface area contributed by atoms with Crippen molar-refractivity contribution in [2.45, 2.75) is 52.4 Å². The van der Waals surface area contributed by atoms with E-state index in [1.165, 1.54) is 5.56 Å². The largest absolute Gasteiger partial charge is 0.351 e. The summed E-state index contributed by atoms with van der Waals surface area (Å²) in [7, 11) is -4.17. The van der Waals surface area contributed by atoms with Crippen molar-refractivity contribution >= 4 is 39.2 Å². The van der Waals surface area contributed by atoms with E-state index in [0.717, 1.165) is 39.1 Å². The van der Waals surface area contributed by atoms with Crippen molar-refractivity contribution in [1.82, 2.24) is 5.32 Å². The highest BCUT2D eigenvalue weighted by atomic mass is 35.5. The maximum Gasteiger partial charge on any atom is 0.266 e. The Kier molecular flexibility index (Phi) is 10.5. The molecule has 1 unspecified atom stereocenters. The number of benzene rings is 4. The maximum absolute atomic E-state index is 13.9. The van der Waals surface area contributed by atoms with Gasteiger partial charge in [-0.2, -0.15) is 8.42 Å². The number of nitrogens with one attached hydrogen (secondary N) is 2. The van der Waals surface area contributed by atoms with Crippen LogP contribution in [-0.2, 0) is 26.7 Å². The van der Waals surface area contributed by atoms with E-state index in [0.29, 0.717) is 17.0 Å². The zero-order valence-corrected chi connectivity index (χ0v) is 27.7. The number of anilines is 1. The molecular formula is C36H39ClN2O5S. The number of amides is 2. The van der Waals surface area contributed by atoms with Gasteiger partial charge in [0.15, 0.2) is 0 Å². The van der Waals surface area contributed by atoms with Crippen molar-refractivity contribution in [2.75, 3.05) is 17.6 Å². The fraction of sp³-hybridized carbons (Fsp3) is 0.278. The zero-order valence-electron chi connectivity index (χ0n) is 26.1. The molecule has 9 heteroatoms. The van der Waals surface area contributed by atoms with Crippen LogP contribution in [0.2, 0.25) is 5.02 Å². The monoisotopic (exact) mass is 646 g/mol. The van der Waals surface area contributed by atoms with Gasteiger partial charge >= 0.3 is 0 Å². The minimum atomic E-state index is -4.17. The van der Waals surface area contributed by atoms with Crippen molar-refractivity contribution < 1.29 is 22.6 Å². The number of hydrogen-bond acceptors (Lipinski definition) is 4. The summed E-state index contributed by atoms with van der Waals surface area (Å²) in [5, 5.41) is 6.32. The summed E-state index contributed by atoms with van der Waals surface area (Å²) in [6.45, 7) is 10.2. The molecule has 7 nitrogen and oxygen atoms in total. The molecular weight excluding hydrogens is 608 g/mol. The SMILES string of the molecule is Cc1cc(-c2ccc(Cl)cc2C)ccc1NC(=O)C(Cc1ccc(C(=O)NCCS(=O)(=O)O)cc1)c1ccc(C(C)(C)C)cc1. The summed E-state index contributed by atoms with van der Waals surface area (Å²) in [6.07, 6.45) is 0.395. The molecule has 0 aliphatic heterocycles. The molecule has 0 heterocycles. The molecule has 45 heavy (non-hydrogen) atoms. The third kappa shape index (κ3) is 9.26. The zero-order chi connectivity index (χ0) is 32.9. The second-order valence-corrected chi connectivity index (χ2v) is 14.4. The van der Waals surface area contributed by atoms with Gasteiger partial charge in [0, 0.05) is 22.8 Å². The summed E-state index contributed by atoms with van der Waals surface area (Å²) in [5.41, 5.74) is 8.05. The predicted molar refractivity (Wildman–Crippen MR) is 182 cm³/mol. The predicted octanol–water partition coefficient (Wildman–Crippen LogP) is 7.50. The summed E-state index contributed by atoms with van der Waals surface area (Å²) in [5.74, 6) is -1.68. The molecule has 0 aromatic heterocycles. The first-order valence-electron chi connectivity index (χ1n) is 14.7. The number of carbonyl (C=O) groups is 2. The molecule has 0 bridgehead atoms. The topological polar surface area (TPSA) is 113 Å². The molecule has 4 aromatic carbocycles. The van der Waals surface area contributed by atoms with Crippen LogP contribution < -0.4 is 10.6 Å². The van der Waals surface area contributed by atoms with Crippen LogP contribution in [0, 0.1) is 13.8 Å². The number of aryl methyl sites for hydroxylation is 2. The van der Waals surface area contributed by atoms with Crippen LogP contribution in [0.3, 0.4) is 0 Å². The first-order chi connectivity index (χ1) is 21.1. The molecule has 0 saturated heterocycles. The first-order valence-corrected chi connectivity index (χ1v) is 16.7. The molecule has 0 radical (unpaired) electrons. The van der Waals surface area contributed by atoms with E-state index in [9.17, 15) is 18.0 Å². The second kappa shape index (κ2) is 14.0. The highest BCUT2D eigenvalue weighted by Gasteiger charge is 2.24. The van der Waals surface area contributed by atoms with E-state index >= 15 is 0 Å². The highest BCUT2D eigenvalue weighted by Crippen LogP contribution is 2.31. The molecule has 2 amide bonds. The number of hydrogen-bond donors (Lipinski definition) is 3. The Bertz CT molecular complexity index is 1800. The van der Waals surface area contributed by atoms with Crippen LogP contribution in [0.4, 0.5) is 5.69 Å². The van der Waals surface area contributed by atoms with Gasteiger partial charge in [0.25, 0.3) is 16.0 Å². The lowest BCUT2D eigenvalue weighted by Crippen LogP contribution is -2.28. The van der Waals surface area contributed by atoms with E-state index in [1.54, 1.807) is 24.3 Å². The van der Waals surface area contributed by atoms with Crippen molar-refractivity contribution in [1.29, 1.82) is 0 Å². The van der Waals surface area contributed by atoms with Crippen LogP contribution in [0.5, 0.6) is 0 Å². The smallest absolute Gasteiger partial charge is 0.266 e. The first kappa shape index (κ1) is 33.9. The normalized spacial score (nSPS) is 12.4. The molecule has 0 saturated carbocycles. The van der Waals surface area contributed by atoms with Crippen LogP contribution in [0.1, 0.15) is 64.9 Å². The Balaban J connectivity index is 1.56. The Morgan fingerprint density at radius 3 is 2.11 bits per heavy atom. The summed E-state index contributed by atoms with van der Waals surface area (Å²) in [4.78, 5) is 26.3. The molecule has 0 aliphatic rings. The van der Waals surface area contributed by atoms with E-state index < -0.39 is 27.7 Å². The Morgan fingerprint density at radius 1 is 0.867 bits per heavy atom. The van der Waals surface area contributed by atoms with Gasteiger partial charge in [-0.3, -0.25) is 14.1 Å². The Labute approximate surface area is 270 Å². The lowest BCUT2D eigenvalue weighted by atomic mass is 9.84. The maximum atomic E-state index is 13.9. The minimum absolute atomic E-state index is 0.0324. The number of carbonyl (C=O) groups excluding carboxylic acids is 2. The minimum Gasteiger partial charge on any atom is -0.351 e. The number of halogens is 1. The van der Waals surface area contributed by atoms with Crippen molar-refractivity contribution in [3.63, 3.8) is 0 Å². The Morgan fingerprint density at radius 2 is 1.53 bits per heavy atom. The molecule has 1 atom stereocenters. The molecule has 0 spiro atoms. The lowest BCUT2D eigenvalue weighted by molar-refractivity contribution is -0.117. The highest BCUT2D eigenvalue weighted by molar-refractivity contribution is 7.85. The van der Waals surface area contributed by atoms with Crippen molar-refractivity contribution in [3.05, 3.63) is 123 Å². The Hall–Kier alpha value is -3.98. The number of rotatable bonds is 10. The lowest BCUT2D eigenvalue weighted by Gasteiger charge is -2.22. The fourth-order valence-electron chi connectivity index (χ4n) is 5.14. The van der Waals surface area contributed by atoms with Crippen LogP contribution in [0.25, 0.3) is 11.1 Å². The quantitative estimate of drug-likeness (QED) is 0.154. The van der Waals surface area contributed by atoms with Gasteiger partial charge in [0.1, 0.15) is 0 Å². The molecule has 3 N–H and O–H groups in total. The second-order valence-electron chi connectivity index (χ2n) is 12.3. The van der Waals surface area contributed by atoms with Gasteiger partial charge < -0.3 is 10.6 Å². The third-order valence-corrected chi connectivity index (χ3v) is 8.74. The van der Waals surface area contributed by atoms with Gasteiger partial charge in [-0.1, -0.05) is 80.9 Å². The van der Waals surface area contributed by atoms with Crippen LogP contribution in [0.15, 0.2) is 84.9 Å². The van der Waals surface area contributed by atoms with Crippen molar-refractivity contribution in [2.24, 2.45) is 0 Å². The third-order valence-electron chi connectivity index (χ3n) is 7.78. The van der Waals surface area contributed by atoms with Crippen LogP contribution in [-0.4, -0.2) is 37.1 Å². The molecule has 0 fully saturated rings. The molecule has 4 rings (SSSR count).